The first kappa shape index (κ1) is 30.9. The number of hydrogen-bond donors (Lipinski definition) is 3. The standard InChI is InChI=1S/C24H32BIN2O8S/c1-6-16-13-19(25(31)32)8-7-17(16)11-12-35-22(29)27-20-9-10-21(37(26,33)34)18(14-20)15-28(5)23(30)36-24(2,3)4/h7-10,13-14,31-32H,6,11-12,15H2,1-5H3,(H,27,29). The highest BCUT2D eigenvalue weighted by molar-refractivity contribution is 14.2. The number of nitrogens with one attached hydrogen (secondary N) is 1. The van der Waals surface area contributed by atoms with Crippen LogP contribution in [-0.4, -0.2) is 61.9 Å². The third-order valence-corrected chi connectivity index (χ3v) is 7.54. The Labute approximate surface area is 230 Å². The molecule has 0 spiro atoms. The summed E-state index contributed by atoms with van der Waals surface area (Å²) in [6.07, 6.45) is -0.239. The second kappa shape index (κ2) is 12.9. The van der Waals surface area contributed by atoms with Gasteiger partial charge in [0.1, 0.15) is 5.60 Å². The van der Waals surface area contributed by atoms with Crippen LogP contribution in [0.2, 0.25) is 0 Å². The average Bonchev–Trinajstić information content (AvgIpc) is 2.77. The maximum Gasteiger partial charge on any atom is 0.488 e. The molecule has 2 aromatic rings. The molecule has 0 unspecified atom stereocenters. The number of halogens is 1. The lowest BCUT2D eigenvalue weighted by atomic mass is 9.78. The van der Waals surface area contributed by atoms with Crippen LogP contribution in [0, 0.1) is 0 Å². The van der Waals surface area contributed by atoms with Crippen LogP contribution in [0.4, 0.5) is 15.3 Å². The monoisotopic (exact) mass is 646 g/mol. The first-order chi connectivity index (χ1) is 17.1. The molecule has 202 valence electrons. The molecule has 0 aliphatic heterocycles. The summed E-state index contributed by atoms with van der Waals surface area (Å²) in [6, 6.07) is 9.36. The lowest BCUT2D eigenvalue weighted by Crippen LogP contribution is -2.34. The Bertz CT molecular complexity index is 1230. The van der Waals surface area contributed by atoms with E-state index in [1.54, 1.807) is 39.0 Å². The molecule has 0 saturated heterocycles. The molecule has 2 amide bonds. The highest BCUT2D eigenvalue weighted by atomic mass is 127. The third-order valence-electron chi connectivity index (χ3n) is 5.20. The van der Waals surface area contributed by atoms with Gasteiger partial charge in [-0.25, -0.2) is 18.0 Å². The van der Waals surface area contributed by atoms with Gasteiger partial charge in [0.25, 0.3) is 0 Å². The van der Waals surface area contributed by atoms with E-state index in [1.807, 2.05) is 6.92 Å². The molecule has 0 aliphatic rings. The van der Waals surface area contributed by atoms with Crippen LogP contribution < -0.4 is 10.8 Å². The number of ether oxygens (including phenoxy) is 2. The maximum absolute atomic E-state index is 12.4. The minimum atomic E-state index is -3.63. The highest BCUT2D eigenvalue weighted by Gasteiger charge is 2.23. The van der Waals surface area contributed by atoms with E-state index in [2.05, 4.69) is 5.32 Å². The minimum Gasteiger partial charge on any atom is -0.449 e. The lowest BCUT2D eigenvalue weighted by Gasteiger charge is -2.25. The van der Waals surface area contributed by atoms with Crippen molar-refractivity contribution < 1.29 is 37.5 Å². The molecule has 0 saturated carbocycles. The minimum absolute atomic E-state index is 0.0194. The summed E-state index contributed by atoms with van der Waals surface area (Å²) in [4.78, 5) is 26.0. The van der Waals surface area contributed by atoms with Crippen molar-refractivity contribution in [2.45, 2.75) is 57.6 Å². The van der Waals surface area contributed by atoms with Gasteiger partial charge in [-0.3, -0.25) is 5.32 Å². The second-order valence-corrected chi connectivity index (χ2v) is 14.2. The van der Waals surface area contributed by atoms with E-state index in [1.165, 1.54) is 51.4 Å². The fourth-order valence-electron chi connectivity index (χ4n) is 3.47. The number of anilines is 1. The third kappa shape index (κ3) is 9.80. The van der Waals surface area contributed by atoms with E-state index in [0.717, 1.165) is 11.1 Å². The normalized spacial score (nSPS) is 11.6. The predicted molar refractivity (Wildman–Crippen MR) is 150 cm³/mol. The van der Waals surface area contributed by atoms with Crippen molar-refractivity contribution in [1.29, 1.82) is 0 Å². The summed E-state index contributed by atoms with van der Waals surface area (Å²) in [7, 11) is -3.69. The largest absolute Gasteiger partial charge is 0.488 e. The first-order valence-corrected chi connectivity index (χ1v) is 15.6. The van der Waals surface area contributed by atoms with Gasteiger partial charge in [0.05, 0.1) is 39.3 Å². The second-order valence-electron chi connectivity index (χ2n) is 9.36. The van der Waals surface area contributed by atoms with Crippen molar-refractivity contribution >= 4 is 58.7 Å². The first-order valence-electron chi connectivity index (χ1n) is 11.5. The summed E-state index contributed by atoms with van der Waals surface area (Å²) in [5.41, 5.74) is 2.13. The molecule has 10 nitrogen and oxygen atoms in total. The van der Waals surface area contributed by atoms with E-state index in [-0.39, 0.29) is 18.0 Å². The number of aryl methyl sites for hydroxylation is 1. The van der Waals surface area contributed by atoms with Crippen LogP contribution in [-0.2, 0) is 35.9 Å². The van der Waals surface area contributed by atoms with Crippen molar-refractivity contribution in [3.8, 4) is 0 Å². The van der Waals surface area contributed by atoms with Gasteiger partial charge in [-0.2, -0.15) is 0 Å². The average molecular weight is 646 g/mol. The Balaban J connectivity index is 2.09. The Morgan fingerprint density at radius 1 is 1.08 bits per heavy atom. The molecule has 37 heavy (non-hydrogen) atoms. The fraction of sp³-hybridized carbons (Fsp3) is 0.417. The fourth-order valence-corrected chi connectivity index (χ4v) is 5.42. The Kier molecular flexibility index (Phi) is 10.8. The molecule has 0 aliphatic carbocycles. The summed E-state index contributed by atoms with van der Waals surface area (Å²) in [6.45, 7) is 7.15. The van der Waals surface area contributed by atoms with Crippen molar-refractivity contribution in [1.82, 2.24) is 4.90 Å². The van der Waals surface area contributed by atoms with E-state index in [9.17, 15) is 28.1 Å². The van der Waals surface area contributed by atoms with Crippen LogP contribution in [0.25, 0.3) is 0 Å². The van der Waals surface area contributed by atoms with Crippen molar-refractivity contribution in [3.05, 3.63) is 53.1 Å². The van der Waals surface area contributed by atoms with Crippen LogP contribution in [0.5, 0.6) is 0 Å². The molecule has 0 atom stereocenters. The Morgan fingerprint density at radius 3 is 2.32 bits per heavy atom. The van der Waals surface area contributed by atoms with Crippen molar-refractivity contribution in [2.24, 2.45) is 0 Å². The van der Waals surface area contributed by atoms with E-state index < -0.39 is 31.9 Å². The highest BCUT2D eigenvalue weighted by Crippen LogP contribution is 2.27. The molecular weight excluding hydrogens is 614 g/mol. The smallest absolute Gasteiger partial charge is 0.449 e. The topological polar surface area (TPSA) is 142 Å². The number of nitrogens with zero attached hydrogens (tertiary/aromatic N) is 1. The Hall–Kier alpha value is -2.36. The van der Waals surface area contributed by atoms with Crippen molar-refractivity contribution in [2.75, 3.05) is 19.0 Å². The molecule has 0 aromatic heterocycles. The molecule has 0 bridgehead atoms. The molecule has 0 fully saturated rings. The summed E-state index contributed by atoms with van der Waals surface area (Å²) in [5, 5.41) is 21.3. The van der Waals surface area contributed by atoms with E-state index in [0.29, 0.717) is 29.6 Å². The van der Waals surface area contributed by atoms with Gasteiger partial charge in [0.2, 0.25) is 7.01 Å². The molecule has 0 heterocycles. The molecule has 3 N–H and O–H groups in total. The summed E-state index contributed by atoms with van der Waals surface area (Å²) < 4.78 is 35.1. The summed E-state index contributed by atoms with van der Waals surface area (Å²) in [5.74, 6) is 0. The number of benzene rings is 2. The van der Waals surface area contributed by atoms with Gasteiger partial charge < -0.3 is 24.4 Å². The van der Waals surface area contributed by atoms with Crippen LogP contribution in [0.3, 0.4) is 0 Å². The quantitative estimate of drug-likeness (QED) is 0.214. The van der Waals surface area contributed by atoms with Gasteiger partial charge in [-0.05, 0) is 67.5 Å². The van der Waals surface area contributed by atoms with Gasteiger partial charge >= 0.3 is 19.3 Å². The zero-order valence-corrected chi connectivity index (χ0v) is 24.4. The number of amides is 2. The zero-order chi connectivity index (χ0) is 28.0. The van der Waals surface area contributed by atoms with Gasteiger partial charge in [-0.15, -0.1) is 0 Å². The zero-order valence-electron chi connectivity index (χ0n) is 21.4. The van der Waals surface area contributed by atoms with Gasteiger partial charge in [0, 0.05) is 19.2 Å². The van der Waals surface area contributed by atoms with Crippen LogP contribution in [0.15, 0.2) is 41.3 Å². The number of carbonyl (C=O) groups is 2. The molecule has 2 aromatic carbocycles. The number of rotatable bonds is 9. The van der Waals surface area contributed by atoms with Gasteiger partial charge in [-0.1, -0.05) is 25.1 Å². The van der Waals surface area contributed by atoms with E-state index in [4.69, 9.17) is 9.47 Å². The summed E-state index contributed by atoms with van der Waals surface area (Å²) >= 11 is 1.32. The SMILES string of the molecule is CCc1cc(B(O)O)ccc1CCOC(=O)Nc1ccc(S(=O)(=O)I)c(CN(C)C(=O)OC(C)(C)C)c1. The lowest BCUT2D eigenvalue weighted by molar-refractivity contribution is 0.0283. The van der Waals surface area contributed by atoms with E-state index >= 15 is 0 Å². The predicted octanol–water partition coefficient (Wildman–Crippen LogP) is 3.21. The van der Waals surface area contributed by atoms with Crippen molar-refractivity contribution in [3.63, 3.8) is 0 Å². The molecular formula is C24H32BIN2O8S. The molecule has 13 heteroatoms. The number of hydrogen-bond acceptors (Lipinski definition) is 8. The van der Waals surface area contributed by atoms with Crippen LogP contribution >= 0.6 is 21.2 Å². The Morgan fingerprint density at radius 2 is 1.76 bits per heavy atom. The molecule has 2 rings (SSSR count). The molecule has 0 radical (unpaired) electrons. The van der Waals surface area contributed by atoms with Crippen LogP contribution in [0.1, 0.15) is 44.4 Å². The van der Waals surface area contributed by atoms with Gasteiger partial charge in [0.15, 0.2) is 0 Å². The number of carbonyl (C=O) groups excluding carboxylic acids is 2. The maximum atomic E-state index is 12.4.